The first-order valence-corrected chi connectivity index (χ1v) is 14.4. The van der Waals surface area contributed by atoms with Crippen LogP contribution in [0.4, 0.5) is 36.8 Å². The maximum Gasteiger partial charge on any atom is 0.425 e. The van der Waals surface area contributed by atoms with Gasteiger partial charge in [-0.1, -0.05) is 30.3 Å². The molecule has 1 aliphatic rings. The van der Waals surface area contributed by atoms with E-state index in [4.69, 9.17) is 10.5 Å². The molecule has 5 N–H and O–H groups in total. The number of nitrogens with one attached hydrogen (secondary N) is 2. The Balaban J connectivity index is 1.46. The number of carbonyl (C=O) groups excluding carboxylic acids is 2. The molecule has 3 aromatic carbocycles. The molecule has 1 aliphatic heterocycles. The molecule has 0 aromatic heterocycles. The van der Waals surface area contributed by atoms with Gasteiger partial charge in [0.25, 0.3) is 0 Å². The fourth-order valence-electron chi connectivity index (χ4n) is 5.42. The van der Waals surface area contributed by atoms with Crippen LogP contribution in [0.1, 0.15) is 41.9 Å². The van der Waals surface area contributed by atoms with Crippen LogP contribution in [0.15, 0.2) is 66.7 Å². The number of aliphatic hydroxyl groups is 1. The Kier molecular flexibility index (Phi) is 11.7. The van der Waals surface area contributed by atoms with Crippen LogP contribution in [0, 0.1) is 17.5 Å². The Morgan fingerprint density at radius 2 is 1.61 bits per heavy atom. The Labute approximate surface area is 260 Å². The van der Waals surface area contributed by atoms with Gasteiger partial charge in [0.1, 0.15) is 17.5 Å². The molecular weight excluding hydrogens is 620 g/mol. The topological polar surface area (TPSA) is 123 Å². The lowest BCUT2D eigenvalue weighted by atomic mass is 9.88. The molecule has 0 aliphatic carbocycles. The first-order chi connectivity index (χ1) is 21.8. The Hall–Kier alpha value is -4.14. The van der Waals surface area contributed by atoms with E-state index in [-0.39, 0.29) is 37.1 Å². The van der Waals surface area contributed by atoms with Gasteiger partial charge in [0, 0.05) is 36.6 Å². The van der Waals surface area contributed by atoms with Gasteiger partial charge in [0.2, 0.25) is 12.0 Å². The van der Waals surface area contributed by atoms with Crippen molar-refractivity contribution in [3.8, 4) is 0 Å². The van der Waals surface area contributed by atoms with Gasteiger partial charge in [-0.15, -0.1) is 0 Å². The van der Waals surface area contributed by atoms with E-state index in [1.807, 2.05) is 0 Å². The Morgan fingerprint density at radius 3 is 2.15 bits per heavy atom. The molecule has 1 unspecified atom stereocenters. The van der Waals surface area contributed by atoms with E-state index in [9.17, 15) is 36.6 Å². The number of anilines is 1. The van der Waals surface area contributed by atoms with E-state index >= 15 is 4.39 Å². The third-order valence-corrected chi connectivity index (χ3v) is 7.73. The zero-order valence-corrected chi connectivity index (χ0v) is 24.4. The highest BCUT2D eigenvalue weighted by Gasteiger charge is 2.46. The second-order valence-corrected chi connectivity index (χ2v) is 10.9. The summed E-state index contributed by atoms with van der Waals surface area (Å²) in [7, 11) is 0. The Bertz CT molecular complexity index is 1430. The van der Waals surface area contributed by atoms with E-state index in [1.54, 1.807) is 0 Å². The molecule has 14 heteroatoms. The van der Waals surface area contributed by atoms with Crippen LogP contribution in [-0.4, -0.2) is 60.8 Å². The van der Waals surface area contributed by atoms with Crippen molar-refractivity contribution in [1.29, 1.82) is 0 Å². The summed E-state index contributed by atoms with van der Waals surface area (Å²) in [6, 6.07) is 14.3. The van der Waals surface area contributed by atoms with Crippen LogP contribution in [0.5, 0.6) is 0 Å². The van der Waals surface area contributed by atoms with E-state index in [0.717, 1.165) is 0 Å². The predicted octanol–water partition coefficient (Wildman–Crippen LogP) is 5.33. The average Bonchev–Trinajstić information content (AvgIpc) is 3.00. The molecule has 4 rings (SSSR count). The number of aliphatic hydroxyl groups excluding tert-OH is 1. The van der Waals surface area contributed by atoms with E-state index < -0.39 is 78.9 Å². The zero-order valence-electron chi connectivity index (χ0n) is 24.4. The number of rotatable bonds is 12. The summed E-state index contributed by atoms with van der Waals surface area (Å²) in [5.74, 6) is -2.64. The number of halogens is 6. The maximum absolute atomic E-state index is 15.0. The summed E-state index contributed by atoms with van der Waals surface area (Å²) >= 11 is 0. The van der Waals surface area contributed by atoms with Gasteiger partial charge in [-0.3, -0.25) is 4.79 Å². The fraction of sp³-hybridized carbons (Fsp3) is 0.375. The van der Waals surface area contributed by atoms with Gasteiger partial charge in [-0.05, 0) is 60.4 Å². The summed E-state index contributed by atoms with van der Waals surface area (Å²) in [6.07, 6.45) is -11.9. The second-order valence-electron chi connectivity index (χ2n) is 10.9. The van der Waals surface area contributed by atoms with Gasteiger partial charge in [-0.25, -0.2) is 18.0 Å². The summed E-state index contributed by atoms with van der Waals surface area (Å²) < 4.78 is 92.7. The second kappa shape index (κ2) is 15.4. The van der Waals surface area contributed by atoms with Crippen LogP contribution < -0.4 is 16.4 Å². The van der Waals surface area contributed by atoms with Crippen LogP contribution in [0.2, 0.25) is 0 Å². The number of morpholine rings is 1. The molecule has 1 saturated heterocycles. The minimum atomic E-state index is -4.93. The highest BCUT2D eigenvalue weighted by Crippen LogP contribution is 2.32. The summed E-state index contributed by atoms with van der Waals surface area (Å²) in [5.41, 5.74) is 6.31. The van der Waals surface area contributed by atoms with Crippen LogP contribution >= 0.6 is 0 Å². The molecule has 0 saturated carbocycles. The highest BCUT2D eigenvalue weighted by molar-refractivity contribution is 5.92. The molecule has 0 spiro atoms. The van der Waals surface area contributed by atoms with Crippen LogP contribution in [-0.2, 0) is 20.7 Å². The van der Waals surface area contributed by atoms with Crippen molar-refractivity contribution in [3.05, 3.63) is 101 Å². The molecule has 2 amide bonds. The zero-order chi connectivity index (χ0) is 33.4. The number of hydrogen-bond donors (Lipinski definition) is 4. The lowest BCUT2D eigenvalue weighted by Gasteiger charge is -2.38. The number of alkyl halides is 3. The predicted molar refractivity (Wildman–Crippen MR) is 155 cm³/mol. The Morgan fingerprint density at radius 1 is 1.00 bits per heavy atom. The minimum Gasteiger partial charge on any atom is -0.437 e. The number of nitrogens with two attached hydrogens (primary N) is 1. The first kappa shape index (κ1) is 34.7. The van der Waals surface area contributed by atoms with Gasteiger partial charge in [-0.2, -0.15) is 13.2 Å². The molecule has 0 radical (unpaired) electrons. The van der Waals surface area contributed by atoms with Gasteiger partial charge >= 0.3 is 12.3 Å². The molecule has 46 heavy (non-hydrogen) atoms. The summed E-state index contributed by atoms with van der Waals surface area (Å²) in [5, 5.41) is 15.3. The number of ether oxygens (including phenoxy) is 2. The smallest absolute Gasteiger partial charge is 0.425 e. The molecule has 248 valence electrons. The molecule has 8 nitrogen and oxygen atoms in total. The van der Waals surface area contributed by atoms with Crippen LogP contribution in [0.3, 0.4) is 0 Å². The number of benzene rings is 3. The highest BCUT2D eigenvalue weighted by atomic mass is 19.4. The monoisotopic (exact) mass is 653 g/mol. The standard InChI is InChI=1S/C32H33F6N3O5/c33-20-8-4-18(5-9-20)24(19-6-10-21(34)11-7-19)14-30(43)41-26-3-1-2-25(35)23(26)13-12-22-16-40-27(17-42)28(45-22)15-29(32(36,37)38)46-31(39)44/h1-11,22,24,27-29,40,42H,12-17H2,(H2,39,44)(H,41,43)/t22-,27-,28+,29?/m1/s1. The third kappa shape index (κ3) is 9.44. The van der Waals surface area contributed by atoms with Crippen molar-refractivity contribution in [1.82, 2.24) is 5.32 Å². The quantitative estimate of drug-likeness (QED) is 0.196. The lowest BCUT2D eigenvalue weighted by molar-refractivity contribution is -0.217. The van der Waals surface area contributed by atoms with Crippen molar-refractivity contribution < 1.29 is 50.5 Å². The van der Waals surface area contributed by atoms with Gasteiger partial charge < -0.3 is 30.9 Å². The van der Waals surface area contributed by atoms with Gasteiger partial charge in [0.05, 0.1) is 24.9 Å². The average molecular weight is 654 g/mol. The third-order valence-electron chi connectivity index (χ3n) is 7.73. The summed E-state index contributed by atoms with van der Waals surface area (Å²) in [4.78, 5) is 24.3. The SMILES string of the molecule is NC(=O)OC(C[C@@H]1O[C@H](CCc2c(F)cccc2NC(=O)CC(c2ccc(F)cc2)c2ccc(F)cc2)CN[C@@H]1CO)C(F)(F)F. The van der Waals surface area contributed by atoms with Gasteiger partial charge in [0.15, 0.2) is 0 Å². The lowest BCUT2D eigenvalue weighted by Crippen LogP contribution is -2.56. The molecule has 0 bridgehead atoms. The van der Waals surface area contributed by atoms with Crippen LogP contribution in [0.25, 0.3) is 0 Å². The number of amides is 2. The number of carbonyl (C=O) groups is 2. The van der Waals surface area contributed by atoms with Crippen molar-refractivity contribution in [2.24, 2.45) is 5.73 Å². The normalized spacial score (nSPS) is 19.1. The van der Waals surface area contributed by atoms with Crippen molar-refractivity contribution >= 4 is 17.7 Å². The first-order valence-electron chi connectivity index (χ1n) is 14.4. The molecule has 4 atom stereocenters. The maximum atomic E-state index is 15.0. The molecule has 1 heterocycles. The molecule has 1 fully saturated rings. The fourth-order valence-corrected chi connectivity index (χ4v) is 5.42. The molecular formula is C32H33F6N3O5. The number of hydrogen-bond acceptors (Lipinski definition) is 6. The largest absolute Gasteiger partial charge is 0.437 e. The summed E-state index contributed by atoms with van der Waals surface area (Å²) in [6.45, 7) is -0.429. The van der Waals surface area contributed by atoms with Crippen molar-refractivity contribution in [3.63, 3.8) is 0 Å². The van der Waals surface area contributed by atoms with E-state index in [2.05, 4.69) is 15.4 Å². The minimum absolute atomic E-state index is 0.0188. The van der Waals surface area contributed by atoms with Crippen molar-refractivity contribution in [2.75, 3.05) is 18.5 Å². The number of primary amides is 1. The van der Waals surface area contributed by atoms with E-state index in [0.29, 0.717) is 11.1 Å². The molecule has 3 aromatic rings. The van der Waals surface area contributed by atoms with Crippen molar-refractivity contribution in [2.45, 2.75) is 62.1 Å². The van der Waals surface area contributed by atoms with E-state index in [1.165, 1.54) is 66.7 Å².